The zero-order chi connectivity index (χ0) is 16.0. The van der Waals surface area contributed by atoms with E-state index in [1.54, 1.807) is 10.4 Å². The Kier molecular flexibility index (Phi) is 7.33. The predicted molar refractivity (Wildman–Crippen MR) is 90.2 cm³/mol. The summed E-state index contributed by atoms with van der Waals surface area (Å²) in [7, 11) is -1.53. The van der Waals surface area contributed by atoms with E-state index in [2.05, 4.69) is 33.0 Å². The Labute approximate surface area is 133 Å². The molecule has 0 aliphatic carbocycles. The van der Waals surface area contributed by atoms with Gasteiger partial charge in [0.25, 0.3) is 10.0 Å². The van der Waals surface area contributed by atoms with Crippen LogP contribution in [0.5, 0.6) is 0 Å². The summed E-state index contributed by atoms with van der Waals surface area (Å²) in [5.74, 6) is 0.317. The molecule has 0 radical (unpaired) electrons. The van der Waals surface area contributed by atoms with Crippen LogP contribution in [0, 0.1) is 5.92 Å². The maximum atomic E-state index is 13.0. The maximum Gasteiger partial charge on any atom is 0.252 e. The molecule has 21 heavy (non-hydrogen) atoms. The SMILES string of the molecule is CCC(CC)N(CC(C)C)S(=O)(=O)c1ccc(CNC)s1. The molecule has 4 nitrogen and oxygen atoms in total. The Morgan fingerprint density at radius 2 is 1.86 bits per heavy atom. The Morgan fingerprint density at radius 1 is 1.24 bits per heavy atom. The summed E-state index contributed by atoms with van der Waals surface area (Å²) < 4.78 is 28.1. The normalized spacial score (nSPS) is 12.8. The molecule has 0 spiro atoms. The highest BCUT2D eigenvalue weighted by Gasteiger charge is 2.31. The summed E-state index contributed by atoms with van der Waals surface area (Å²) >= 11 is 1.37. The van der Waals surface area contributed by atoms with Crippen molar-refractivity contribution in [3.05, 3.63) is 17.0 Å². The molecule has 122 valence electrons. The molecule has 0 bridgehead atoms. The third-order valence-corrected chi connectivity index (χ3v) is 6.92. The van der Waals surface area contributed by atoms with Crippen molar-refractivity contribution >= 4 is 21.4 Å². The average Bonchev–Trinajstić information content (AvgIpc) is 2.88. The minimum Gasteiger partial charge on any atom is -0.315 e. The predicted octanol–water partition coefficient (Wildman–Crippen LogP) is 3.30. The third kappa shape index (κ3) is 4.77. The van der Waals surface area contributed by atoms with E-state index in [-0.39, 0.29) is 6.04 Å². The van der Waals surface area contributed by atoms with Crippen molar-refractivity contribution < 1.29 is 8.42 Å². The monoisotopic (exact) mass is 332 g/mol. The van der Waals surface area contributed by atoms with Gasteiger partial charge in [0.2, 0.25) is 0 Å². The van der Waals surface area contributed by atoms with Crippen LogP contribution in [-0.2, 0) is 16.6 Å². The second kappa shape index (κ2) is 8.27. The number of sulfonamides is 1. The van der Waals surface area contributed by atoms with E-state index < -0.39 is 10.0 Å². The first kappa shape index (κ1) is 18.6. The van der Waals surface area contributed by atoms with Crippen molar-refractivity contribution in [2.75, 3.05) is 13.6 Å². The van der Waals surface area contributed by atoms with Crippen molar-refractivity contribution in [1.29, 1.82) is 0 Å². The lowest BCUT2D eigenvalue weighted by Crippen LogP contribution is -2.41. The smallest absolute Gasteiger partial charge is 0.252 e. The molecular weight excluding hydrogens is 304 g/mol. The molecule has 0 amide bonds. The van der Waals surface area contributed by atoms with E-state index in [0.717, 1.165) is 17.7 Å². The first-order valence-corrected chi connectivity index (χ1v) is 9.87. The standard InChI is InChI=1S/C15H28N2O2S2/c1-6-13(7-2)17(11-12(3)4)21(18,19)15-9-8-14(20-15)10-16-5/h8-9,12-13,16H,6-7,10-11H2,1-5H3. The van der Waals surface area contributed by atoms with E-state index in [0.29, 0.717) is 23.2 Å². The van der Waals surface area contributed by atoms with Gasteiger partial charge < -0.3 is 5.32 Å². The average molecular weight is 333 g/mol. The molecule has 1 aromatic rings. The number of nitrogens with zero attached hydrogens (tertiary/aromatic N) is 1. The summed E-state index contributed by atoms with van der Waals surface area (Å²) in [6.45, 7) is 9.51. The molecule has 6 heteroatoms. The number of hydrogen-bond donors (Lipinski definition) is 1. The van der Waals surface area contributed by atoms with E-state index in [4.69, 9.17) is 0 Å². The van der Waals surface area contributed by atoms with E-state index in [1.807, 2.05) is 13.1 Å². The summed E-state index contributed by atoms with van der Waals surface area (Å²) in [6.07, 6.45) is 1.69. The van der Waals surface area contributed by atoms with Crippen LogP contribution in [-0.4, -0.2) is 32.4 Å². The van der Waals surface area contributed by atoms with Gasteiger partial charge in [0, 0.05) is 24.0 Å². The van der Waals surface area contributed by atoms with Gasteiger partial charge in [0.05, 0.1) is 0 Å². The molecule has 0 aliphatic rings. The van der Waals surface area contributed by atoms with Gasteiger partial charge in [0.15, 0.2) is 0 Å². The first-order chi connectivity index (χ1) is 9.86. The zero-order valence-electron chi connectivity index (χ0n) is 13.7. The van der Waals surface area contributed by atoms with Gasteiger partial charge in [0.1, 0.15) is 4.21 Å². The highest BCUT2D eigenvalue weighted by Crippen LogP contribution is 2.28. The third-order valence-electron chi connectivity index (χ3n) is 3.45. The molecule has 1 N–H and O–H groups in total. The molecule has 0 aliphatic heterocycles. The molecule has 1 rings (SSSR count). The number of nitrogens with one attached hydrogen (secondary N) is 1. The quantitative estimate of drug-likeness (QED) is 0.755. The minimum absolute atomic E-state index is 0.0762. The van der Waals surface area contributed by atoms with Crippen LogP contribution in [0.3, 0.4) is 0 Å². The van der Waals surface area contributed by atoms with Crippen molar-refractivity contribution in [3.63, 3.8) is 0 Å². The second-order valence-electron chi connectivity index (χ2n) is 5.69. The minimum atomic E-state index is -3.39. The van der Waals surface area contributed by atoms with E-state index >= 15 is 0 Å². The van der Waals surface area contributed by atoms with Gasteiger partial charge in [-0.25, -0.2) is 8.42 Å². The van der Waals surface area contributed by atoms with Crippen LogP contribution in [0.1, 0.15) is 45.4 Å². The molecule has 0 saturated carbocycles. The van der Waals surface area contributed by atoms with E-state index in [1.165, 1.54) is 11.3 Å². The largest absolute Gasteiger partial charge is 0.315 e. The van der Waals surface area contributed by atoms with Crippen molar-refractivity contribution in [1.82, 2.24) is 9.62 Å². The summed E-state index contributed by atoms with van der Waals surface area (Å²) in [6, 6.07) is 3.71. The molecule has 1 heterocycles. The molecule has 0 fully saturated rings. The van der Waals surface area contributed by atoms with Crippen LogP contribution in [0.25, 0.3) is 0 Å². The summed E-state index contributed by atoms with van der Waals surface area (Å²) in [4.78, 5) is 1.05. The van der Waals surface area contributed by atoms with Crippen LogP contribution >= 0.6 is 11.3 Å². The van der Waals surface area contributed by atoms with Crippen molar-refractivity contribution in [2.45, 2.75) is 57.3 Å². The van der Waals surface area contributed by atoms with Gasteiger partial charge in [-0.1, -0.05) is 27.7 Å². The summed E-state index contributed by atoms with van der Waals surface area (Å²) in [5, 5.41) is 3.06. The fourth-order valence-electron chi connectivity index (χ4n) is 2.38. The lowest BCUT2D eigenvalue weighted by atomic mass is 10.1. The molecule has 1 aromatic heterocycles. The molecule has 0 aromatic carbocycles. The van der Waals surface area contributed by atoms with E-state index in [9.17, 15) is 8.42 Å². The first-order valence-electron chi connectivity index (χ1n) is 7.61. The highest BCUT2D eigenvalue weighted by atomic mass is 32.2. The fourth-order valence-corrected chi connectivity index (χ4v) is 5.81. The lowest BCUT2D eigenvalue weighted by molar-refractivity contribution is 0.277. The zero-order valence-corrected chi connectivity index (χ0v) is 15.4. The maximum absolute atomic E-state index is 13.0. The highest BCUT2D eigenvalue weighted by molar-refractivity contribution is 7.91. The van der Waals surface area contributed by atoms with Gasteiger partial charge in [-0.2, -0.15) is 4.31 Å². The topological polar surface area (TPSA) is 49.4 Å². The molecule has 0 atom stereocenters. The lowest BCUT2D eigenvalue weighted by Gasteiger charge is -2.30. The Hall–Kier alpha value is -0.430. The van der Waals surface area contributed by atoms with Crippen LogP contribution in [0.2, 0.25) is 0 Å². The van der Waals surface area contributed by atoms with Crippen LogP contribution in [0.15, 0.2) is 16.3 Å². The van der Waals surface area contributed by atoms with Gasteiger partial charge >= 0.3 is 0 Å². The number of rotatable bonds is 9. The van der Waals surface area contributed by atoms with Crippen molar-refractivity contribution in [2.24, 2.45) is 5.92 Å². The number of hydrogen-bond acceptors (Lipinski definition) is 4. The van der Waals surface area contributed by atoms with Gasteiger partial charge in [-0.3, -0.25) is 0 Å². The summed E-state index contributed by atoms with van der Waals surface area (Å²) in [5.41, 5.74) is 0. The van der Waals surface area contributed by atoms with Gasteiger partial charge in [-0.15, -0.1) is 11.3 Å². The fraction of sp³-hybridized carbons (Fsp3) is 0.733. The van der Waals surface area contributed by atoms with Crippen LogP contribution < -0.4 is 5.32 Å². The molecular formula is C15H28N2O2S2. The van der Waals surface area contributed by atoms with Gasteiger partial charge in [-0.05, 0) is 37.9 Å². The number of thiophene rings is 1. The van der Waals surface area contributed by atoms with Crippen molar-refractivity contribution in [3.8, 4) is 0 Å². The Balaban J connectivity index is 3.12. The molecule has 0 unspecified atom stereocenters. The Morgan fingerprint density at radius 3 is 2.33 bits per heavy atom. The molecule has 0 saturated heterocycles. The Bertz CT molecular complexity index is 520. The second-order valence-corrected chi connectivity index (χ2v) is 8.98. The van der Waals surface area contributed by atoms with Crippen LogP contribution in [0.4, 0.5) is 0 Å².